The van der Waals surface area contributed by atoms with Crippen LogP contribution in [0.5, 0.6) is 0 Å². The summed E-state index contributed by atoms with van der Waals surface area (Å²) in [4.78, 5) is 59.8. The molecule has 4 N–H and O–H groups in total. The van der Waals surface area contributed by atoms with E-state index in [4.69, 9.17) is 5.48 Å². The molecule has 0 unspecified atom stereocenters. The number of ketones is 5. The molecule has 0 aliphatic rings. The zero-order valence-corrected chi connectivity index (χ0v) is 11.4. The molecule has 0 amide bonds. The van der Waals surface area contributed by atoms with Gasteiger partial charge in [0.15, 0.2) is 28.7 Å². The molecule has 0 saturated heterocycles. The molecule has 3 atom stereocenters. The topological polar surface area (TPSA) is 166 Å². The van der Waals surface area contributed by atoms with E-state index in [1.165, 1.54) is 0 Å². The van der Waals surface area contributed by atoms with Gasteiger partial charge in [-0.2, -0.15) is 0 Å². The molecule has 0 radical (unpaired) electrons. The number of rotatable bonds is 8. The van der Waals surface area contributed by atoms with Crippen LogP contribution in [0.25, 0.3) is 0 Å². The molecule has 0 spiro atoms. The SMILES string of the molecule is [2H]CC(=O)C(=O)[C@](O)(C(=O)C[2H])[C@](O)(C(=O)C[2H])[C@](O)(CO)C(=O)C[2H]. The van der Waals surface area contributed by atoms with Gasteiger partial charge in [0.05, 0.1) is 6.61 Å². The Morgan fingerprint density at radius 2 is 1.36 bits per heavy atom. The van der Waals surface area contributed by atoms with Gasteiger partial charge < -0.3 is 20.4 Å². The maximum Gasteiger partial charge on any atom is 0.240 e. The molecule has 0 fully saturated rings. The van der Waals surface area contributed by atoms with E-state index in [2.05, 4.69) is 0 Å². The second-order valence-corrected chi connectivity index (χ2v) is 4.46. The van der Waals surface area contributed by atoms with Crippen molar-refractivity contribution in [2.45, 2.75) is 44.4 Å². The van der Waals surface area contributed by atoms with E-state index in [1.807, 2.05) is 0 Å². The van der Waals surface area contributed by atoms with Gasteiger partial charge in [0.2, 0.25) is 17.0 Å². The van der Waals surface area contributed by atoms with Crippen molar-refractivity contribution in [3.63, 3.8) is 0 Å². The van der Waals surface area contributed by atoms with Crippen molar-refractivity contribution in [2.24, 2.45) is 0 Å². The van der Waals surface area contributed by atoms with Crippen molar-refractivity contribution in [1.29, 1.82) is 0 Å². The molecule has 9 nitrogen and oxygen atoms in total. The monoisotopic (exact) mass is 322 g/mol. The second-order valence-electron chi connectivity index (χ2n) is 4.46. The van der Waals surface area contributed by atoms with Gasteiger partial charge in [-0.3, -0.25) is 24.0 Å². The molecule has 0 rings (SSSR count). The molecule has 0 aromatic rings. The van der Waals surface area contributed by atoms with Crippen molar-refractivity contribution in [3.05, 3.63) is 0 Å². The lowest BCUT2D eigenvalue weighted by Crippen LogP contribution is -2.79. The summed E-state index contributed by atoms with van der Waals surface area (Å²) in [6, 6.07) is 0. The molecule has 124 valence electrons. The Hall–Kier alpha value is -1.81. The quantitative estimate of drug-likeness (QED) is 0.271. The van der Waals surface area contributed by atoms with Crippen LogP contribution >= 0.6 is 0 Å². The van der Waals surface area contributed by atoms with Crippen LogP contribution in [0, 0.1) is 0 Å². The number of Topliss-reactive ketones (excluding diaryl/α,β-unsaturated/α-hetero) is 5. The summed E-state index contributed by atoms with van der Waals surface area (Å²) in [5.41, 5.74) is -12.3. The largest absolute Gasteiger partial charge is 0.393 e. The Balaban J connectivity index is 7.14. The van der Waals surface area contributed by atoms with Crippen molar-refractivity contribution >= 4 is 28.9 Å². The van der Waals surface area contributed by atoms with Crippen LogP contribution in [0.1, 0.15) is 33.1 Å². The number of hydrogen-bond acceptors (Lipinski definition) is 9. The fourth-order valence-corrected chi connectivity index (χ4v) is 1.83. The first-order valence-corrected chi connectivity index (χ1v) is 5.53. The van der Waals surface area contributed by atoms with Gasteiger partial charge in [0.25, 0.3) is 0 Å². The van der Waals surface area contributed by atoms with E-state index in [-0.39, 0.29) is 0 Å². The van der Waals surface area contributed by atoms with Crippen LogP contribution < -0.4 is 0 Å². The van der Waals surface area contributed by atoms with Crippen LogP contribution in [0.15, 0.2) is 0 Å². The maximum absolute atomic E-state index is 12.2. The Labute approximate surface area is 131 Å². The summed E-state index contributed by atoms with van der Waals surface area (Å²) in [5, 5.41) is 40.9. The summed E-state index contributed by atoms with van der Waals surface area (Å²) in [6.07, 6.45) is 0. The van der Waals surface area contributed by atoms with E-state index in [9.17, 15) is 44.4 Å². The molecule has 0 saturated carbocycles. The van der Waals surface area contributed by atoms with Gasteiger partial charge >= 0.3 is 0 Å². The van der Waals surface area contributed by atoms with Crippen molar-refractivity contribution < 1.29 is 49.9 Å². The molecular weight excluding hydrogens is 300 g/mol. The maximum atomic E-state index is 12.2. The Morgan fingerprint density at radius 3 is 1.73 bits per heavy atom. The molecule has 0 aliphatic heterocycles. The lowest BCUT2D eigenvalue weighted by Gasteiger charge is -2.46. The highest BCUT2D eigenvalue weighted by Gasteiger charge is 2.72. The zero-order chi connectivity index (χ0) is 20.9. The van der Waals surface area contributed by atoms with Gasteiger partial charge in [-0.25, -0.2) is 0 Å². The summed E-state index contributed by atoms with van der Waals surface area (Å²) >= 11 is 0. The minimum Gasteiger partial charge on any atom is -0.393 e. The zero-order valence-electron chi connectivity index (χ0n) is 15.4. The van der Waals surface area contributed by atoms with E-state index >= 15 is 0 Å². The lowest BCUT2D eigenvalue weighted by atomic mass is 9.63. The van der Waals surface area contributed by atoms with E-state index in [0.29, 0.717) is 0 Å². The summed E-state index contributed by atoms with van der Waals surface area (Å²) < 4.78 is 27.8. The third kappa shape index (κ3) is 2.41. The number of aliphatic hydroxyl groups is 4. The predicted molar refractivity (Wildman–Crippen MR) is 69.7 cm³/mol. The van der Waals surface area contributed by atoms with Crippen LogP contribution in [0.3, 0.4) is 0 Å². The summed E-state index contributed by atoms with van der Waals surface area (Å²) in [6.45, 7) is -7.67. The molecule has 0 bridgehead atoms. The normalized spacial score (nSPS) is 21.6. The van der Waals surface area contributed by atoms with Crippen LogP contribution in [0.4, 0.5) is 0 Å². The van der Waals surface area contributed by atoms with E-state index in [1.54, 1.807) is 0 Å². The highest BCUT2D eigenvalue weighted by atomic mass is 16.4. The Bertz CT molecular complexity index is 625. The lowest BCUT2D eigenvalue weighted by molar-refractivity contribution is -0.231. The van der Waals surface area contributed by atoms with E-state index in [0.717, 1.165) is 0 Å². The first kappa shape index (κ1) is 13.8. The van der Waals surface area contributed by atoms with E-state index < -0.39 is 79.9 Å². The van der Waals surface area contributed by atoms with Gasteiger partial charge in [-0.05, 0) is 20.7 Å². The minimum absolute atomic E-state index is 1.36. The number of hydrogen-bond donors (Lipinski definition) is 4. The summed E-state index contributed by atoms with van der Waals surface area (Å²) in [7, 11) is 0. The molecule has 0 aliphatic carbocycles. The third-order valence-corrected chi connectivity index (χ3v) is 3.20. The molecule has 22 heavy (non-hydrogen) atoms. The number of aliphatic hydroxyl groups excluding tert-OH is 1. The fraction of sp³-hybridized carbons (Fsp3) is 0.615. The van der Waals surface area contributed by atoms with Crippen molar-refractivity contribution in [3.8, 4) is 0 Å². The molecule has 0 aromatic heterocycles. The predicted octanol–water partition coefficient (Wildman–Crippen LogP) is -2.90. The highest BCUT2D eigenvalue weighted by molar-refractivity contribution is 6.45. The molecule has 9 heteroatoms. The van der Waals surface area contributed by atoms with Gasteiger partial charge in [-0.15, -0.1) is 0 Å². The molecule has 0 heterocycles. The smallest absolute Gasteiger partial charge is 0.240 e. The Kier molecular flexibility index (Phi) is 3.85. The van der Waals surface area contributed by atoms with Crippen LogP contribution in [-0.2, 0) is 24.0 Å². The summed E-state index contributed by atoms with van der Waals surface area (Å²) in [5.74, 6) is -9.92. The average Bonchev–Trinajstić information content (AvgIpc) is 2.67. The third-order valence-electron chi connectivity index (χ3n) is 3.20. The number of carbonyl (C=O) groups excluding carboxylic acids is 5. The van der Waals surface area contributed by atoms with Crippen LogP contribution in [0.2, 0.25) is 0 Å². The minimum atomic E-state index is -4.24. The Morgan fingerprint density at radius 1 is 0.864 bits per heavy atom. The number of carbonyl (C=O) groups is 5. The van der Waals surface area contributed by atoms with Crippen LogP contribution in [-0.4, -0.2) is 72.8 Å². The second kappa shape index (κ2) is 6.13. The average molecular weight is 322 g/mol. The van der Waals surface area contributed by atoms with Crippen molar-refractivity contribution in [2.75, 3.05) is 6.61 Å². The van der Waals surface area contributed by atoms with Gasteiger partial charge in [-0.1, -0.05) is 0 Å². The fourth-order valence-electron chi connectivity index (χ4n) is 1.83. The standard InChI is InChI=1S/C13H18O9/c1-6(15)10(19)12(21,8(3)17)13(22,9(4)18)11(20,5-14)7(2)16/h14,20-22H,5H2,1-4H3/t11-,12+,13-/m0/s1/i1D,2D,3D,4D. The van der Waals surface area contributed by atoms with Gasteiger partial charge in [0, 0.05) is 12.4 Å². The van der Waals surface area contributed by atoms with Gasteiger partial charge in [0.1, 0.15) is 0 Å². The van der Waals surface area contributed by atoms with Crippen molar-refractivity contribution in [1.82, 2.24) is 0 Å². The molecular formula is C13H18O9. The first-order chi connectivity index (χ1) is 11.9. The molecule has 0 aromatic carbocycles. The highest BCUT2D eigenvalue weighted by Crippen LogP contribution is 2.37. The first-order valence-electron chi connectivity index (χ1n) is 8.35.